The predicted molar refractivity (Wildman–Crippen MR) is 87.7 cm³/mol. The van der Waals surface area contributed by atoms with E-state index in [1.54, 1.807) is 0 Å². The Morgan fingerprint density at radius 1 is 1.33 bits per heavy atom. The third kappa shape index (κ3) is 2.23. The van der Waals surface area contributed by atoms with Crippen LogP contribution in [0.2, 0.25) is 0 Å². The minimum absolute atomic E-state index is 0.0321. The number of aromatic hydroxyl groups is 1. The molecule has 0 radical (unpaired) electrons. The number of thiazole rings is 1. The molecule has 2 heterocycles. The Kier molecular flexibility index (Phi) is 3.29. The Hall–Kier alpha value is -2.14. The SMILES string of the molecule is CC1=Nc2ccccc2C1=Cc1sc(=O)n(C(C)C)c1O. The smallest absolute Gasteiger partial charge is 0.310 e. The van der Waals surface area contributed by atoms with Gasteiger partial charge in [-0.3, -0.25) is 14.4 Å². The van der Waals surface area contributed by atoms with Crippen molar-refractivity contribution in [3.8, 4) is 5.88 Å². The third-order valence-electron chi connectivity index (χ3n) is 3.51. The summed E-state index contributed by atoms with van der Waals surface area (Å²) in [7, 11) is 0. The first kappa shape index (κ1) is 13.8. The third-order valence-corrected chi connectivity index (χ3v) is 4.40. The minimum atomic E-state index is -0.143. The lowest BCUT2D eigenvalue weighted by molar-refractivity contribution is 0.395. The molecule has 0 aliphatic carbocycles. The van der Waals surface area contributed by atoms with Crippen LogP contribution in [0.5, 0.6) is 5.88 Å². The number of hydrogen-bond donors (Lipinski definition) is 1. The van der Waals surface area contributed by atoms with Gasteiger partial charge in [-0.15, -0.1) is 0 Å². The molecule has 5 heteroatoms. The van der Waals surface area contributed by atoms with Gasteiger partial charge in [0.25, 0.3) is 0 Å². The van der Waals surface area contributed by atoms with Crippen molar-refractivity contribution in [2.75, 3.05) is 0 Å². The second-order valence-electron chi connectivity index (χ2n) is 5.29. The molecule has 1 aromatic carbocycles. The molecule has 21 heavy (non-hydrogen) atoms. The summed E-state index contributed by atoms with van der Waals surface area (Å²) < 4.78 is 1.41. The summed E-state index contributed by atoms with van der Waals surface area (Å²) in [5.74, 6) is 0.0321. The average Bonchev–Trinajstić information content (AvgIpc) is 2.88. The maximum Gasteiger partial charge on any atom is 0.310 e. The van der Waals surface area contributed by atoms with Crippen LogP contribution in [0.3, 0.4) is 0 Å². The summed E-state index contributed by atoms with van der Waals surface area (Å²) in [5.41, 5.74) is 3.81. The topological polar surface area (TPSA) is 54.6 Å². The number of benzene rings is 1. The zero-order valence-electron chi connectivity index (χ0n) is 12.1. The number of aromatic nitrogens is 1. The van der Waals surface area contributed by atoms with Crippen LogP contribution in [0.1, 0.15) is 37.3 Å². The largest absolute Gasteiger partial charge is 0.493 e. The lowest BCUT2D eigenvalue weighted by Crippen LogP contribution is -2.14. The minimum Gasteiger partial charge on any atom is -0.493 e. The summed E-state index contributed by atoms with van der Waals surface area (Å²) >= 11 is 1.06. The summed E-state index contributed by atoms with van der Waals surface area (Å²) in [6.45, 7) is 5.69. The predicted octanol–water partition coefficient (Wildman–Crippen LogP) is 3.84. The second kappa shape index (κ2) is 5.00. The van der Waals surface area contributed by atoms with Crippen LogP contribution >= 0.6 is 11.3 Å². The van der Waals surface area contributed by atoms with Crippen molar-refractivity contribution in [1.82, 2.24) is 4.57 Å². The number of allylic oxidation sites excluding steroid dienone is 1. The summed E-state index contributed by atoms with van der Waals surface area (Å²) in [4.78, 5) is 16.9. The van der Waals surface area contributed by atoms with Crippen LogP contribution < -0.4 is 4.87 Å². The highest BCUT2D eigenvalue weighted by atomic mass is 32.1. The molecule has 1 aliphatic heterocycles. The lowest BCUT2D eigenvalue weighted by atomic mass is 10.0. The molecular weight excluding hydrogens is 284 g/mol. The number of fused-ring (bicyclic) bond motifs is 1. The number of para-hydroxylation sites is 1. The van der Waals surface area contributed by atoms with E-state index in [4.69, 9.17) is 0 Å². The van der Waals surface area contributed by atoms with Crippen LogP contribution in [0.15, 0.2) is 34.1 Å². The van der Waals surface area contributed by atoms with Crippen LogP contribution in [0, 0.1) is 0 Å². The van der Waals surface area contributed by atoms with E-state index in [9.17, 15) is 9.90 Å². The molecule has 108 valence electrons. The molecule has 1 aromatic heterocycles. The van der Waals surface area contributed by atoms with E-state index in [0.717, 1.165) is 33.9 Å². The monoisotopic (exact) mass is 300 g/mol. The van der Waals surface area contributed by atoms with E-state index in [0.29, 0.717) is 4.88 Å². The Bertz CT molecular complexity index is 825. The molecule has 2 aromatic rings. The first-order chi connectivity index (χ1) is 9.99. The van der Waals surface area contributed by atoms with Gasteiger partial charge in [0.05, 0.1) is 10.6 Å². The van der Waals surface area contributed by atoms with E-state index >= 15 is 0 Å². The van der Waals surface area contributed by atoms with Crippen molar-refractivity contribution in [3.63, 3.8) is 0 Å². The zero-order chi connectivity index (χ0) is 15.1. The van der Waals surface area contributed by atoms with E-state index < -0.39 is 0 Å². The van der Waals surface area contributed by atoms with Crippen LogP contribution in [0.4, 0.5) is 5.69 Å². The first-order valence-electron chi connectivity index (χ1n) is 6.80. The Balaban J connectivity index is 2.14. The number of hydrogen-bond acceptors (Lipinski definition) is 4. The van der Waals surface area contributed by atoms with E-state index in [1.807, 2.05) is 51.1 Å². The average molecular weight is 300 g/mol. The van der Waals surface area contributed by atoms with Gasteiger partial charge in [-0.1, -0.05) is 29.5 Å². The van der Waals surface area contributed by atoms with Gasteiger partial charge < -0.3 is 5.11 Å². The van der Waals surface area contributed by atoms with Gasteiger partial charge in [-0.2, -0.15) is 0 Å². The van der Waals surface area contributed by atoms with Crippen molar-refractivity contribution in [2.24, 2.45) is 4.99 Å². The van der Waals surface area contributed by atoms with Crippen molar-refractivity contribution in [3.05, 3.63) is 44.4 Å². The Morgan fingerprint density at radius 2 is 2.05 bits per heavy atom. The highest BCUT2D eigenvalue weighted by Crippen LogP contribution is 2.37. The summed E-state index contributed by atoms with van der Waals surface area (Å²) in [6, 6.07) is 7.81. The lowest BCUT2D eigenvalue weighted by Gasteiger charge is -2.06. The molecule has 0 amide bonds. The Labute approximate surface area is 126 Å². The molecule has 0 atom stereocenters. The van der Waals surface area contributed by atoms with Gasteiger partial charge in [-0.05, 0) is 32.9 Å². The van der Waals surface area contributed by atoms with Gasteiger partial charge in [-0.25, -0.2) is 0 Å². The van der Waals surface area contributed by atoms with Crippen molar-refractivity contribution >= 4 is 34.4 Å². The first-order valence-corrected chi connectivity index (χ1v) is 7.61. The van der Waals surface area contributed by atoms with Crippen molar-refractivity contribution < 1.29 is 5.11 Å². The molecule has 0 saturated heterocycles. The maximum absolute atomic E-state index is 12.0. The van der Waals surface area contributed by atoms with E-state index in [1.165, 1.54) is 4.57 Å². The van der Waals surface area contributed by atoms with E-state index in [-0.39, 0.29) is 16.8 Å². The van der Waals surface area contributed by atoms with E-state index in [2.05, 4.69) is 4.99 Å². The number of nitrogens with zero attached hydrogens (tertiary/aromatic N) is 2. The van der Waals surface area contributed by atoms with Crippen LogP contribution in [0.25, 0.3) is 11.6 Å². The second-order valence-corrected chi connectivity index (χ2v) is 6.29. The molecule has 1 N–H and O–H groups in total. The fraction of sp³-hybridized carbons (Fsp3) is 0.250. The highest BCUT2D eigenvalue weighted by molar-refractivity contribution is 7.10. The Morgan fingerprint density at radius 3 is 2.71 bits per heavy atom. The zero-order valence-corrected chi connectivity index (χ0v) is 12.9. The molecule has 4 nitrogen and oxygen atoms in total. The van der Waals surface area contributed by atoms with Gasteiger partial charge in [0.2, 0.25) is 5.88 Å². The molecule has 1 aliphatic rings. The van der Waals surface area contributed by atoms with Gasteiger partial charge in [0.1, 0.15) is 0 Å². The normalized spacial score (nSPS) is 15.6. The maximum atomic E-state index is 12.0. The number of rotatable bonds is 2. The fourth-order valence-corrected chi connectivity index (χ4v) is 3.44. The molecule has 0 fully saturated rings. The summed E-state index contributed by atoms with van der Waals surface area (Å²) in [6.07, 6.45) is 1.85. The quantitative estimate of drug-likeness (QED) is 0.916. The van der Waals surface area contributed by atoms with Crippen LogP contribution in [-0.2, 0) is 0 Å². The van der Waals surface area contributed by atoms with Crippen molar-refractivity contribution in [1.29, 1.82) is 0 Å². The van der Waals surface area contributed by atoms with Crippen LogP contribution in [-0.4, -0.2) is 15.4 Å². The molecule has 0 spiro atoms. The van der Waals surface area contributed by atoms with Crippen molar-refractivity contribution in [2.45, 2.75) is 26.8 Å². The molecule has 0 unspecified atom stereocenters. The molecular formula is C16H16N2O2S. The molecule has 0 bridgehead atoms. The van der Waals surface area contributed by atoms with Gasteiger partial charge in [0.15, 0.2) is 0 Å². The summed E-state index contributed by atoms with van der Waals surface area (Å²) in [5, 5.41) is 10.3. The van der Waals surface area contributed by atoms with Gasteiger partial charge in [0, 0.05) is 22.9 Å². The standard InChI is InChI=1S/C16H16N2O2S/c1-9(2)18-15(19)14(21-16(18)20)8-12-10(3)17-13-7-5-4-6-11(12)13/h4-9,19H,1-3H3. The fourth-order valence-electron chi connectivity index (χ4n) is 2.49. The highest BCUT2D eigenvalue weighted by Gasteiger charge is 2.20. The molecule has 0 saturated carbocycles. The number of aliphatic imine (C=N–C) groups is 1. The molecule has 3 rings (SSSR count). The van der Waals surface area contributed by atoms with Gasteiger partial charge >= 0.3 is 4.87 Å².